The fourth-order valence-corrected chi connectivity index (χ4v) is 2.04. The van der Waals surface area contributed by atoms with Gasteiger partial charge < -0.3 is 0 Å². The zero-order valence-corrected chi connectivity index (χ0v) is 8.30. The van der Waals surface area contributed by atoms with Crippen molar-refractivity contribution in [2.24, 2.45) is 0 Å². The second-order valence-corrected chi connectivity index (χ2v) is 4.02. The summed E-state index contributed by atoms with van der Waals surface area (Å²) in [5, 5.41) is 0. The van der Waals surface area contributed by atoms with Crippen LogP contribution in [0.4, 0.5) is 4.39 Å². The van der Waals surface area contributed by atoms with Crippen LogP contribution in [0, 0.1) is 5.82 Å². The lowest BCUT2D eigenvalue weighted by molar-refractivity contribution is 0.624. The standard InChI is InChI=1S/C12H9FS/c13-10-5-4-8-12(9-10)14-11-6-2-1-3-7-11/h1-9H. The van der Waals surface area contributed by atoms with Crippen molar-refractivity contribution in [3.63, 3.8) is 0 Å². The first kappa shape index (κ1) is 9.28. The minimum absolute atomic E-state index is 0.189. The van der Waals surface area contributed by atoms with Crippen molar-refractivity contribution < 1.29 is 4.39 Å². The van der Waals surface area contributed by atoms with E-state index in [9.17, 15) is 4.39 Å². The van der Waals surface area contributed by atoms with Gasteiger partial charge in [-0.05, 0) is 30.3 Å². The lowest BCUT2D eigenvalue weighted by Crippen LogP contribution is -1.75. The molecule has 14 heavy (non-hydrogen) atoms. The lowest BCUT2D eigenvalue weighted by atomic mass is 10.3. The first-order valence-corrected chi connectivity index (χ1v) is 5.15. The highest BCUT2D eigenvalue weighted by molar-refractivity contribution is 7.99. The largest absolute Gasteiger partial charge is 0.207 e. The van der Waals surface area contributed by atoms with Gasteiger partial charge in [-0.1, -0.05) is 36.0 Å². The smallest absolute Gasteiger partial charge is 0.124 e. The molecule has 0 heterocycles. The third kappa shape index (κ3) is 2.36. The minimum Gasteiger partial charge on any atom is -0.207 e. The summed E-state index contributed by atoms with van der Waals surface area (Å²) < 4.78 is 12.9. The van der Waals surface area contributed by atoms with Crippen LogP contribution in [0.25, 0.3) is 0 Å². The molecule has 0 aliphatic heterocycles. The van der Waals surface area contributed by atoms with Crippen molar-refractivity contribution in [2.45, 2.75) is 9.79 Å². The Morgan fingerprint density at radius 3 is 2.21 bits per heavy atom. The van der Waals surface area contributed by atoms with E-state index in [2.05, 4.69) is 0 Å². The zero-order chi connectivity index (χ0) is 9.80. The molecule has 2 heteroatoms. The molecule has 2 aromatic rings. The average Bonchev–Trinajstić information content (AvgIpc) is 2.19. The SMILES string of the molecule is Fc1cccc(Sc2ccccc2)c1. The van der Waals surface area contributed by atoms with Crippen molar-refractivity contribution in [1.29, 1.82) is 0 Å². The fourth-order valence-electron chi connectivity index (χ4n) is 1.16. The summed E-state index contributed by atoms with van der Waals surface area (Å²) in [5.74, 6) is -0.189. The maximum atomic E-state index is 12.9. The summed E-state index contributed by atoms with van der Waals surface area (Å²) >= 11 is 1.56. The van der Waals surface area contributed by atoms with E-state index >= 15 is 0 Å². The van der Waals surface area contributed by atoms with Crippen LogP contribution in [0.15, 0.2) is 64.4 Å². The van der Waals surface area contributed by atoms with Gasteiger partial charge in [0.25, 0.3) is 0 Å². The van der Waals surface area contributed by atoms with Crippen LogP contribution >= 0.6 is 11.8 Å². The van der Waals surface area contributed by atoms with E-state index in [0.29, 0.717) is 0 Å². The topological polar surface area (TPSA) is 0 Å². The van der Waals surface area contributed by atoms with Crippen LogP contribution < -0.4 is 0 Å². The molecule has 0 aliphatic rings. The third-order valence-corrected chi connectivity index (χ3v) is 2.77. The predicted molar refractivity (Wildman–Crippen MR) is 57.0 cm³/mol. The van der Waals surface area contributed by atoms with Crippen molar-refractivity contribution >= 4 is 11.8 Å². The van der Waals surface area contributed by atoms with E-state index in [1.165, 1.54) is 12.1 Å². The molecular formula is C12H9FS. The number of halogens is 1. The highest BCUT2D eigenvalue weighted by atomic mass is 32.2. The van der Waals surface area contributed by atoms with E-state index < -0.39 is 0 Å². The van der Waals surface area contributed by atoms with Gasteiger partial charge in [-0.2, -0.15) is 0 Å². The molecular weight excluding hydrogens is 195 g/mol. The maximum Gasteiger partial charge on any atom is 0.124 e. The number of rotatable bonds is 2. The van der Waals surface area contributed by atoms with Gasteiger partial charge in [0.05, 0.1) is 0 Å². The average molecular weight is 204 g/mol. The summed E-state index contributed by atoms with van der Waals surface area (Å²) in [5.41, 5.74) is 0. The Morgan fingerprint density at radius 2 is 1.50 bits per heavy atom. The van der Waals surface area contributed by atoms with E-state index in [-0.39, 0.29) is 5.82 Å². The Kier molecular flexibility index (Phi) is 2.84. The van der Waals surface area contributed by atoms with E-state index in [1.54, 1.807) is 17.8 Å². The van der Waals surface area contributed by atoms with Gasteiger partial charge in [0, 0.05) is 9.79 Å². The molecule has 0 bridgehead atoms. The Morgan fingerprint density at radius 1 is 0.786 bits per heavy atom. The molecule has 0 radical (unpaired) electrons. The predicted octanol–water partition coefficient (Wildman–Crippen LogP) is 3.98. The van der Waals surface area contributed by atoms with Gasteiger partial charge in [-0.3, -0.25) is 0 Å². The minimum atomic E-state index is -0.189. The Balaban J connectivity index is 2.19. The first-order chi connectivity index (χ1) is 6.84. The van der Waals surface area contributed by atoms with Crippen LogP contribution in [0.1, 0.15) is 0 Å². The van der Waals surface area contributed by atoms with Gasteiger partial charge in [0.2, 0.25) is 0 Å². The monoisotopic (exact) mass is 204 g/mol. The van der Waals surface area contributed by atoms with Crippen LogP contribution in [-0.4, -0.2) is 0 Å². The molecule has 2 aromatic carbocycles. The quantitative estimate of drug-likeness (QED) is 0.713. The molecule has 0 fully saturated rings. The summed E-state index contributed by atoms with van der Waals surface area (Å²) in [7, 11) is 0. The van der Waals surface area contributed by atoms with Crippen molar-refractivity contribution in [1.82, 2.24) is 0 Å². The first-order valence-electron chi connectivity index (χ1n) is 4.33. The Bertz CT molecular complexity index is 412. The molecule has 0 saturated carbocycles. The number of hydrogen-bond acceptors (Lipinski definition) is 1. The second-order valence-electron chi connectivity index (χ2n) is 2.87. The molecule has 0 nitrogen and oxygen atoms in total. The highest BCUT2D eigenvalue weighted by Gasteiger charge is 1.97. The maximum absolute atomic E-state index is 12.9. The van der Waals surface area contributed by atoms with E-state index in [4.69, 9.17) is 0 Å². The van der Waals surface area contributed by atoms with Crippen molar-refractivity contribution in [3.8, 4) is 0 Å². The van der Waals surface area contributed by atoms with Gasteiger partial charge in [-0.25, -0.2) is 4.39 Å². The second kappa shape index (κ2) is 4.29. The normalized spacial score (nSPS) is 10.1. The lowest BCUT2D eigenvalue weighted by Gasteiger charge is -2.00. The van der Waals surface area contributed by atoms with Gasteiger partial charge in [0.15, 0.2) is 0 Å². The van der Waals surface area contributed by atoms with Gasteiger partial charge in [0.1, 0.15) is 5.82 Å². The van der Waals surface area contributed by atoms with E-state index in [1.807, 2.05) is 36.4 Å². The molecule has 0 saturated heterocycles. The summed E-state index contributed by atoms with van der Waals surface area (Å²) in [6, 6.07) is 16.6. The molecule has 0 aromatic heterocycles. The van der Waals surface area contributed by atoms with Crippen LogP contribution in [-0.2, 0) is 0 Å². The number of benzene rings is 2. The fraction of sp³-hybridized carbons (Fsp3) is 0. The molecule has 0 aliphatic carbocycles. The van der Waals surface area contributed by atoms with E-state index in [0.717, 1.165) is 9.79 Å². The molecule has 0 spiro atoms. The summed E-state index contributed by atoms with van der Waals surface area (Å²) in [6.07, 6.45) is 0. The van der Waals surface area contributed by atoms with Gasteiger partial charge >= 0.3 is 0 Å². The Labute approximate surface area is 86.8 Å². The van der Waals surface area contributed by atoms with Crippen molar-refractivity contribution in [3.05, 3.63) is 60.4 Å². The zero-order valence-electron chi connectivity index (χ0n) is 7.48. The van der Waals surface area contributed by atoms with Crippen molar-refractivity contribution in [2.75, 3.05) is 0 Å². The van der Waals surface area contributed by atoms with Gasteiger partial charge in [-0.15, -0.1) is 0 Å². The molecule has 70 valence electrons. The molecule has 0 unspecified atom stereocenters. The molecule has 2 rings (SSSR count). The highest BCUT2D eigenvalue weighted by Crippen LogP contribution is 2.27. The number of hydrogen-bond donors (Lipinski definition) is 0. The van der Waals surface area contributed by atoms with Crippen LogP contribution in [0.5, 0.6) is 0 Å². The third-order valence-electron chi connectivity index (χ3n) is 1.77. The van der Waals surface area contributed by atoms with Crippen LogP contribution in [0.2, 0.25) is 0 Å². The summed E-state index contributed by atoms with van der Waals surface area (Å²) in [4.78, 5) is 2.05. The summed E-state index contributed by atoms with van der Waals surface area (Å²) in [6.45, 7) is 0. The molecule has 0 atom stereocenters. The molecule has 0 N–H and O–H groups in total. The van der Waals surface area contributed by atoms with Crippen LogP contribution in [0.3, 0.4) is 0 Å². The Hall–Kier alpha value is -1.28. The molecule has 0 amide bonds.